The molecule has 0 amide bonds. The van der Waals surface area contributed by atoms with Crippen LogP contribution in [-0.4, -0.2) is 0 Å². The largest absolute Gasteiger partial charge is 0.453 e. The molecule has 2 aliphatic heterocycles. The molecular weight excluding hydrogens is 705 g/mol. The van der Waals surface area contributed by atoms with E-state index in [1.54, 1.807) is 0 Å². The molecule has 0 saturated heterocycles. The Morgan fingerprint density at radius 3 is 1.59 bits per heavy atom. The van der Waals surface area contributed by atoms with Gasteiger partial charge in [-0.3, -0.25) is 0 Å². The van der Waals surface area contributed by atoms with E-state index < -0.39 is 0 Å². The van der Waals surface area contributed by atoms with Gasteiger partial charge in [0.15, 0.2) is 11.5 Å². The monoisotopic (exact) mass is 744 g/mol. The lowest BCUT2D eigenvalue weighted by atomic mass is 9.72. The molecule has 0 aliphatic carbocycles. The maximum atomic E-state index is 6.61. The van der Waals surface area contributed by atoms with E-state index in [2.05, 4.69) is 230 Å². The van der Waals surface area contributed by atoms with Crippen LogP contribution < -0.4 is 14.5 Å². The predicted octanol–water partition coefficient (Wildman–Crippen LogP) is 15.5. The minimum absolute atomic E-state index is 0.238. The van der Waals surface area contributed by atoms with Gasteiger partial charge in [0.2, 0.25) is 0 Å². The summed E-state index contributed by atoms with van der Waals surface area (Å²) in [4.78, 5) is 4.76. The van der Waals surface area contributed by atoms with Crippen LogP contribution in [0.15, 0.2) is 206 Å². The third-order valence-corrected chi connectivity index (χ3v) is 12.0. The third-order valence-electron chi connectivity index (χ3n) is 12.0. The Balaban J connectivity index is 0.917. The number of fused-ring (bicyclic) bond motifs is 6. The lowest BCUT2D eigenvalue weighted by molar-refractivity contribution is 0.472. The standard InChI is InChI=1S/C55H40N2O/c1-55(2)48-18-11-19-51-54(48)57(53-47-17-10-9-14-42(47)29-35-52(53)58-51)50-34-28-43(36-49(50)55)41-22-20-38(21-23-41)40-26-32-46(33-27-40)56(44-15-7-4-8-16-44)45-30-24-39(25-31-45)37-12-5-3-6-13-37/h3-36H,1-2H3. The fourth-order valence-corrected chi connectivity index (χ4v) is 9.03. The number of hydrogen-bond acceptors (Lipinski definition) is 3. The number of hydrogen-bond donors (Lipinski definition) is 0. The van der Waals surface area contributed by atoms with Gasteiger partial charge in [-0.05, 0) is 111 Å². The van der Waals surface area contributed by atoms with Gasteiger partial charge in [0.05, 0.1) is 17.1 Å². The fraction of sp³-hybridized carbons (Fsp3) is 0.0545. The highest BCUT2D eigenvalue weighted by molar-refractivity contribution is 6.06. The molecule has 9 aromatic rings. The first-order valence-electron chi connectivity index (χ1n) is 20.0. The Morgan fingerprint density at radius 2 is 0.914 bits per heavy atom. The maximum Gasteiger partial charge on any atom is 0.152 e. The molecule has 3 heteroatoms. The molecule has 0 unspecified atom stereocenters. The van der Waals surface area contributed by atoms with Gasteiger partial charge in [0, 0.05) is 27.9 Å². The Bertz CT molecular complexity index is 2970. The van der Waals surface area contributed by atoms with Crippen LogP contribution in [-0.2, 0) is 5.41 Å². The summed E-state index contributed by atoms with van der Waals surface area (Å²) in [7, 11) is 0. The summed E-state index contributed by atoms with van der Waals surface area (Å²) in [5.74, 6) is 1.78. The zero-order chi connectivity index (χ0) is 38.8. The Morgan fingerprint density at radius 1 is 0.397 bits per heavy atom. The second kappa shape index (κ2) is 13.4. The summed E-state index contributed by atoms with van der Waals surface area (Å²) >= 11 is 0. The van der Waals surface area contributed by atoms with E-state index in [9.17, 15) is 0 Å². The second-order valence-corrected chi connectivity index (χ2v) is 15.8. The highest BCUT2D eigenvalue weighted by Crippen LogP contribution is 2.61. The van der Waals surface area contributed by atoms with Crippen molar-refractivity contribution >= 4 is 44.9 Å². The molecule has 0 fully saturated rings. The second-order valence-electron chi connectivity index (χ2n) is 15.8. The van der Waals surface area contributed by atoms with Crippen molar-refractivity contribution in [1.29, 1.82) is 0 Å². The van der Waals surface area contributed by atoms with Crippen LogP contribution >= 0.6 is 0 Å². The van der Waals surface area contributed by atoms with Crippen molar-refractivity contribution < 1.29 is 4.74 Å². The van der Waals surface area contributed by atoms with Gasteiger partial charge in [-0.25, -0.2) is 0 Å². The van der Waals surface area contributed by atoms with Gasteiger partial charge in [-0.1, -0.05) is 159 Å². The normalized spacial score (nSPS) is 13.2. The van der Waals surface area contributed by atoms with Gasteiger partial charge in [-0.15, -0.1) is 0 Å². The molecule has 3 nitrogen and oxygen atoms in total. The molecule has 11 rings (SSSR count). The molecule has 0 N–H and O–H groups in total. The van der Waals surface area contributed by atoms with Crippen LogP contribution in [0.2, 0.25) is 0 Å². The van der Waals surface area contributed by atoms with Crippen molar-refractivity contribution in [2.75, 3.05) is 9.80 Å². The van der Waals surface area contributed by atoms with E-state index in [-0.39, 0.29) is 5.41 Å². The average molecular weight is 745 g/mol. The molecule has 58 heavy (non-hydrogen) atoms. The van der Waals surface area contributed by atoms with Crippen LogP contribution in [0.5, 0.6) is 11.5 Å². The number of ether oxygens (including phenoxy) is 1. The molecule has 0 radical (unpaired) electrons. The molecular formula is C55H40N2O. The van der Waals surface area contributed by atoms with Crippen LogP contribution in [0.4, 0.5) is 34.1 Å². The smallest absolute Gasteiger partial charge is 0.152 e. The first-order chi connectivity index (χ1) is 28.5. The third kappa shape index (κ3) is 5.50. The molecule has 0 aromatic heterocycles. The van der Waals surface area contributed by atoms with Crippen molar-refractivity contribution in [3.05, 3.63) is 217 Å². The van der Waals surface area contributed by atoms with Crippen molar-refractivity contribution in [2.24, 2.45) is 0 Å². The Hall–Kier alpha value is -7.36. The number of rotatable bonds is 6. The minimum atomic E-state index is -0.238. The molecule has 0 saturated carbocycles. The first-order valence-corrected chi connectivity index (χ1v) is 20.0. The van der Waals surface area contributed by atoms with E-state index in [0.29, 0.717) is 0 Å². The van der Waals surface area contributed by atoms with Gasteiger partial charge in [0.25, 0.3) is 0 Å². The first kappa shape index (κ1) is 33.9. The molecule has 2 aliphatic rings. The van der Waals surface area contributed by atoms with E-state index in [1.807, 2.05) is 0 Å². The van der Waals surface area contributed by atoms with E-state index >= 15 is 0 Å². The summed E-state index contributed by atoms with van der Waals surface area (Å²) in [6.45, 7) is 4.68. The highest BCUT2D eigenvalue weighted by atomic mass is 16.5. The van der Waals surface area contributed by atoms with Crippen molar-refractivity contribution in [3.63, 3.8) is 0 Å². The maximum absolute atomic E-state index is 6.61. The summed E-state index contributed by atoms with van der Waals surface area (Å²) in [5.41, 5.74) is 16.3. The summed E-state index contributed by atoms with van der Waals surface area (Å²) in [6.07, 6.45) is 0. The van der Waals surface area contributed by atoms with E-state index in [1.165, 1.54) is 61.0 Å². The lowest BCUT2D eigenvalue weighted by Gasteiger charge is -2.45. The number of anilines is 6. The van der Waals surface area contributed by atoms with E-state index in [4.69, 9.17) is 4.74 Å². The predicted molar refractivity (Wildman–Crippen MR) is 242 cm³/mol. The summed E-state index contributed by atoms with van der Waals surface area (Å²) < 4.78 is 6.61. The average Bonchev–Trinajstić information content (AvgIpc) is 3.29. The SMILES string of the molecule is CC1(C)c2cc(-c3ccc(-c4ccc(N(c5ccccc5)c5ccc(-c6ccccc6)cc5)cc4)cc3)ccc2N2c3c(cccc31)Oc1ccc3ccccc3c12. The van der Waals surface area contributed by atoms with Crippen LogP contribution in [0, 0.1) is 0 Å². The minimum Gasteiger partial charge on any atom is -0.453 e. The zero-order valence-corrected chi connectivity index (χ0v) is 32.4. The summed E-state index contributed by atoms with van der Waals surface area (Å²) in [6, 6.07) is 74.2. The van der Waals surface area contributed by atoms with Gasteiger partial charge in [0.1, 0.15) is 0 Å². The van der Waals surface area contributed by atoms with Gasteiger partial charge >= 0.3 is 0 Å². The van der Waals surface area contributed by atoms with Crippen LogP contribution in [0.1, 0.15) is 25.0 Å². The molecule has 0 bridgehead atoms. The molecule has 276 valence electrons. The van der Waals surface area contributed by atoms with Gasteiger partial charge in [-0.2, -0.15) is 0 Å². The quantitative estimate of drug-likeness (QED) is 0.169. The molecule has 0 atom stereocenters. The van der Waals surface area contributed by atoms with Gasteiger partial charge < -0.3 is 14.5 Å². The van der Waals surface area contributed by atoms with Crippen LogP contribution in [0.3, 0.4) is 0 Å². The fourth-order valence-electron chi connectivity index (χ4n) is 9.03. The Kier molecular flexibility index (Phi) is 7.84. The molecule has 2 heterocycles. The zero-order valence-electron chi connectivity index (χ0n) is 32.4. The number of para-hydroxylation sites is 2. The molecule has 9 aromatic carbocycles. The van der Waals surface area contributed by atoms with Crippen molar-refractivity contribution in [1.82, 2.24) is 0 Å². The van der Waals surface area contributed by atoms with Crippen molar-refractivity contribution in [3.8, 4) is 44.9 Å². The molecule has 0 spiro atoms. The Labute approximate surface area is 339 Å². The van der Waals surface area contributed by atoms with Crippen molar-refractivity contribution in [2.45, 2.75) is 19.3 Å². The number of benzene rings is 9. The van der Waals surface area contributed by atoms with E-state index in [0.717, 1.165) is 39.9 Å². The summed E-state index contributed by atoms with van der Waals surface area (Å²) in [5, 5.41) is 2.38. The topological polar surface area (TPSA) is 15.7 Å². The number of nitrogens with zero attached hydrogens (tertiary/aromatic N) is 2. The lowest BCUT2D eigenvalue weighted by Crippen LogP contribution is -2.32. The highest BCUT2D eigenvalue weighted by Gasteiger charge is 2.42. The van der Waals surface area contributed by atoms with Crippen LogP contribution in [0.25, 0.3) is 44.2 Å².